The van der Waals surface area contributed by atoms with Crippen molar-refractivity contribution in [3.05, 3.63) is 29.3 Å². The second-order valence-electron chi connectivity index (χ2n) is 5.60. The summed E-state index contributed by atoms with van der Waals surface area (Å²) in [6, 6.07) is 4.70. The van der Waals surface area contributed by atoms with Crippen LogP contribution in [-0.2, 0) is 19.1 Å². The summed E-state index contributed by atoms with van der Waals surface area (Å²) >= 11 is 0. The lowest BCUT2D eigenvalue weighted by Gasteiger charge is -2.18. The predicted molar refractivity (Wildman–Crippen MR) is 82.9 cm³/mol. The zero-order valence-electron chi connectivity index (χ0n) is 13.1. The Labute approximate surface area is 133 Å². The van der Waals surface area contributed by atoms with Gasteiger partial charge in [0.25, 0.3) is 5.91 Å². The summed E-state index contributed by atoms with van der Waals surface area (Å²) in [6.07, 6.45) is 0. The molecule has 1 N–H and O–H groups in total. The molecule has 1 aromatic rings. The SMILES string of the molecule is CCOC(=O)C1=NN[C@H]2C(=O)N(c3cc(C)ccc3C)C(=O)[C@H]12. The zero-order valence-corrected chi connectivity index (χ0v) is 13.1. The molecule has 0 aliphatic carbocycles. The van der Waals surface area contributed by atoms with Crippen molar-refractivity contribution in [2.75, 3.05) is 11.5 Å². The van der Waals surface area contributed by atoms with Crippen LogP contribution in [0.4, 0.5) is 5.69 Å². The van der Waals surface area contributed by atoms with E-state index >= 15 is 0 Å². The summed E-state index contributed by atoms with van der Waals surface area (Å²) in [6.45, 7) is 5.57. The van der Waals surface area contributed by atoms with Crippen molar-refractivity contribution in [3.63, 3.8) is 0 Å². The Hall–Kier alpha value is -2.70. The van der Waals surface area contributed by atoms with Gasteiger partial charge in [0.05, 0.1) is 12.3 Å². The molecule has 2 amide bonds. The molecule has 0 radical (unpaired) electrons. The summed E-state index contributed by atoms with van der Waals surface area (Å²) < 4.78 is 4.91. The number of aryl methyl sites for hydroxylation is 2. The minimum absolute atomic E-state index is 0.0389. The van der Waals surface area contributed by atoms with E-state index in [0.29, 0.717) is 5.69 Å². The number of esters is 1. The van der Waals surface area contributed by atoms with Crippen molar-refractivity contribution in [3.8, 4) is 0 Å². The van der Waals surface area contributed by atoms with Gasteiger partial charge in [-0.15, -0.1) is 0 Å². The number of anilines is 1. The van der Waals surface area contributed by atoms with Crippen LogP contribution >= 0.6 is 0 Å². The van der Waals surface area contributed by atoms with Crippen LogP contribution in [0.15, 0.2) is 23.3 Å². The van der Waals surface area contributed by atoms with Crippen LogP contribution in [0.3, 0.4) is 0 Å². The molecule has 1 saturated heterocycles. The topological polar surface area (TPSA) is 88.1 Å². The highest BCUT2D eigenvalue weighted by molar-refractivity contribution is 6.46. The third kappa shape index (κ3) is 2.28. The van der Waals surface area contributed by atoms with Crippen LogP contribution in [0, 0.1) is 19.8 Å². The van der Waals surface area contributed by atoms with E-state index in [0.717, 1.165) is 16.0 Å². The number of hydrogen-bond donors (Lipinski definition) is 1. The number of fused-ring (bicyclic) bond motifs is 1. The molecule has 1 fully saturated rings. The highest BCUT2D eigenvalue weighted by atomic mass is 16.5. The van der Waals surface area contributed by atoms with E-state index in [1.165, 1.54) is 0 Å². The van der Waals surface area contributed by atoms with Crippen LogP contribution in [-0.4, -0.2) is 36.1 Å². The van der Waals surface area contributed by atoms with Gasteiger partial charge in [0, 0.05) is 0 Å². The van der Waals surface area contributed by atoms with Crippen molar-refractivity contribution in [2.24, 2.45) is 11.0 Å². The average Bonchev–Trinajstić information content (AvgIpc) is 3.04. The number of hydrazone groups is 1. The molecular weight excluding hydrogens is 298 g/mol. The van der Waals surface area contributed by atoms with Gasteiger partial charge in [0.1, 0.15) is 12.0 Å². The van der Waals surface area contributed by atoms with Gasteiger partial charge >= 0.3 is 5.97 Å². The third-order valence-corrected chi connectivity index (χ3v) is 4.01. The molecule has 0 aromatic heterocycles. The molecule has 0 unspecified atom stereocenters. The second kappa shape index (κ2) is 5.49. The van der Waals surface area contributed by atoms with Crippen LogP contribution in [0.2, 0.25) is 0 Å². The number of imide groups is 1. The van der Waals surface area contributed by atoms with Crippen LogP contribution in [0.25, 0.3) is 0 Å². The third-order valence-electron chi connectivity index (χ3n) is 4.01. The molecule has 0 bridgehead atoms. The number of hydrogen-bond acceptors (Lipinski definition) is 6. The summed E-state index contributed by atoms with van der Waals surface area (Å²) in [5.41, 5.74) is 4.85. The molecule has 1 aromatic carbocycles. The highest BCUT2D eigenvalue weighted by Crippen LogP contribution is 2.33. The van der Waals surface area contributed by atoms with Crippen LogP contribution in [0.5, 0.6) is 0 Å². The number of nitrogens with zero attached hydrogens (tertiary/aromatic N) is 2. The molecule has 2 heterocycles. The average molecular weight is 315 g/mol. The lowest BCUT2D eigenvalue weighted by atomic mass is 9.99. The number of carbonyl (C=O) groups is 3. The first kappa shape index (κ1) is 15.2. The summed E-state index contributed by atoms with van der Waals surface area (Å²) in [4.78, 5) is 38.4. The number of ether oxygens (including phenoxy) is 1. The summed E-state index contributed by atoms with van der Waals surface area (Å²) in [5.74, 6) is -2.46. The van der Waals surface area contributed by atoms with Crippen molar-refractivity contribution in [1.29, 1.82) is 0 Å². The molecule has 0 spiro atoms. The second-order valence-corrected chi connectivity index (χ2v) is 5.60. The maximum absolute atomic E-state index is 12.8. The monoisotopic (exact) mass is 315 g/mol. The van der Waals surface area contributed by atoms with Crippen LogP contribution in [0.1, 0.15) is 18.1 Å². The fourth-order valence-electron chi connectivity index (χ4n) is 2.86. The van der Waals surface area contributed by atoms with Crippen LogP contribution < -0.4 is 10.3 Å². The maximum atomic E-state index is 12.8. The number of benzene rings is 1. The first-order chi connectivity index (χ1) is 11.0. The Kier molecular flexibility index (Phi) is 3.63. The van der Waals surface area contributed by atoms with Crippen molar-refractivity contribution in [1.82, 2.24) is 5.43 Å². The molecule has 23 heavy (non-hydrogen) atoms. The minimum Gasteiger partial charge on any atom is -0.461 e. The lowest BCUT2D eigenvalue weighted by molar-refractivity contribution is -0.136. The van der Waals surface area contributed by atoms with E-state index in [2.05, 4.69) is 10.5 Å². The number of carbonyl (C=O) groups excluding carboxylic acids is 3. The number of amides is 2. The minimum atomic E-state index is -0.929. The molecule has 2 atom stereocenters. The number of rotatable bonds is 3. The zero-order chi connectivity index (χ0) is 16.7. The van der Waals surface area contributed by atoms with E-state index < -0.39 is 29.7 Å². The Morgan fingerprint density at radius 3 is 2.74 bits per heavy atom. The quantitative estimate of drug-likeness (QED) is 0.655. The fourth-order valence-corrected chi connectivity index (χ4v) is 2.86. The molecular formula is C16H17N3O4. The lowest BCUT2D eigenvalue weighted by Crippen LogP contribution is -2.36. The predicted octanol–water partition coefficient (Wildman–Crippen LogP) is 0.684. The van der Waals surface area contributed by atoms with Gasteiger partial charge in [-0.1, -0.05) is 12.1 Å². The summed E-state index contributed by atoms with van der Waals surface area (Å²) in [5, 5.41) is 3.83. The molecule has 2 aliphatic rings. The van der Waals surface area contributed by atoms with E-state index in [1.807, 2.05) is 26.0 Å². The van der Waals surface area contributed by atoms with Crippen molar-refractivity contribution in [2.45, 2.75) is 26.8 Å². The van der Waals surface area contributed by atoms with E-state index in [1.54, 1.807) is 13.0 Å². The molecule has 7 nitrogen and oxygen atoms in total. The fraction of sp³-hybridized carbons (Fsp3) is 0.375. The van der Waals surface area contributed by atoms with E-state index in [-0.39, 0.29) is 12.3 Å². The van der Waals surface area contributed by atoms with Crippen molar-refractivity contribution >= 4 is 29.2 Å². The normalized spacial score (nSPS) is 22.7. The smallest absolute Gasteiger partial charge is 0.355 e. The van der Waals surface area contributed by atoms with Gasteiger partial charge in [-0.2, -0.15) is 5.10 Å². The Morgan fingerprint density at radius 1 is 1.30 bits per heavy atom. The van der Waals surface area contributed by atoms with Gasteiger partial charge in [-0.25, -0.2) is 9.69 Å². The van der Waals surface area contributed by atoms with Gasteiger partial charge in [0.2, 0.25) is 5.91 Å². The van der Waals surface area contributed by atoms with E-state index in [4.69, 9.17) is 4.74 Å². The Balaban J connectivity index is 1.97. The summed E-state index contributed by atoms with van der Waals surface area (Å²) in [7, 11) is 0. The van der Waals surface area contributed by atoms with Gasteiger partial charge in [-0.3, -0.25) is 15.0 Å². The van der Waals surface area contributed by atoms with Gasteiger partial charge < -0.3 is 4.74 Å². The Bertz CT molecular complexity index is 741. The molecule has 3 rings (SSSR count). The van der Waals surface area contributed by atoms with Gasteiger partial charge in [0.15, 0.2) is 5.71 Å². The van der Waals surface area contributed by atoms with Gasteiger partial charge in [-0.05, 0) is 38.0 Å². The molecule has 2 aliphatic heterocycles. The largest absolute Gasteiger partial charge is 0.461 e. The van der Waals surface area contributed by atoms with Crippen molar-refractivity contribution < 1.29 is 19.1 Å². The first-order valence-corrected chi connectivity index (χ1v) is 7.41. The van der Waals surface area contributed by atoms with E-state index in [9.17, 15) is 14.4 Å². The molecule has 120 valence electrons. The number of nitrogens with one attached hydrogen (secondary N) is 1. The molecule has 0 saturated carbocycles. The molecule has 7 heteroatoms. The standard InChI is InChI=1S/C16H17N3O4/c1-4-23-16(22)13-11-12(17-18-13)15(21)19(14(11)20)10-7-8(2)5-6-9(10)3/h5-7,11-12,17H,4H2,1-3H3/t11-,12+/m0/s1. The Morgan fingerprint density at radius 2 is 2.04 bits per heavy atom. The maximum Gasteiger partial charge on any atom is 0.355 e. The first-order valence-electron chi connectivity index (χ1n) is 7.41. The highest BCUT2D eigenvalue weighted by Gasteiger charge is 2.55.